The second-order valence-corrected chi connectivity index (χ2v) is 6.48. The molecule has 0 saturated carbocycles. The summed E-state index contributed by atoms with van der Waals surface area (Å²) in [5.74, 6) is 0.556. The lowest BCUT2D eigenvalue weighted by atomic mass is 9.97. The molecule has 25 heavy (non-hydrogen) atoms. The van der Waals surface area contributed by atoms with Crippen LogP contribution in [0.25, 0.3) is 0 Å². The van der Waals surface area contributed by atoms with E-state index in [0.717, 1.165) is 17.5 Å². The third-order valence-electron chi connectivity index (χ3n) is 4.51. The lowest BCUT2D eigenvalue weighted by Gasteiger charge is -2.11. The molecule has 0 saturated heterocycles. The Labute approximate surface area is 147 Å². The zero-order valence-corrected chi connectivity index (χ0v) is 14.6. The SMILES string of the molecule is CCC(C)COC(=O)Cc1ccc2c(c1)C(=O)c1ccccc1CO2. The summed E-state index contributed by atoms with van der Waals surface area (Å²) in [5.41, 5.74) is 2.78. The van der Waals surface area contributed by atoms with Crippen molar-refractivity contribution in [3.05, 3.63) is 64.7 Å². The van der Waals surface area contributed by atoms with Gasteiger partial charge in [-0.05, 0) is 23.6 Å². The molecule has 1 atom stereocenters. The number of carbonyl (C=O) groups excluding carboxylic acids is 2. The number of hydrogen-bond donors (Lipinski definition) is 0. The third kappa shape index (κ3) is 3.90. The van der Waals surface area contributed by atoms with Crippen LogP contribution in [-0.2, 0) is 22.6 Å². The number of fused-ring (bicyclic) bond motifs is 2. The number of rotatable bonds is 5. The molecule has 130 valence electrons. The topological polar surface area (TPSA) is 52.6 Å². The van der Waals surface area contributed by atoms with Crippen LogP contribution >= 0.6 is 0 Å². The molecule has 0 radical (unpaired) electrons. The maximum Gasteiger partial charge on any atom is 0.310 e. The van der Waals surface area contributed by atoms with Crippen molar-refractivity contribution in [3.63, 3.8) is 0 Å². The van der Waals surface area contributed by atoms with E-state index in [1.54, 1.807) is 12.1 Å². The molecule has 0 spiro atoms. The van der Waals surface area contributed by atoms with E-state index >= 15 is 0 Å². The average molecular weight is 338 g/mol. The minimum absolute atomic E-state index is 0.0714. The van der Waals surface area contributed by atoms with Crippen LogP contribution in [0.1, 0.15) is 47.3 Å². The maximum absolute atomic E-state index is 12.8. The minimum Gasteiger partial charge on any atom is -0.488 e. The molecule has 1 aliphatic rings. The number of esters is 1. The van der Waals surface area contributed by atoms with Crippen LogP contribution < -0.4 is 4.74 Å². The summed E-state index contributed by atoms with van der Waals surface area (Å²) in [6.45, 7) is 4.90. The molecule has 2 aromatic carbocycles. The van der Waals surface area contributed by atoms with Crippen LogP contribution in [0.15, 0.2) is 42.5 Å². The summed E-state index contributed by atoms with van der Waals surface area (Å²) in [6, 6.07) is 12.8. The van der Waals surface area contributed by atoms with E-state index in [4.69, 9.17) is 9.47 Å². The van der Waals surface area contributed by atoms with E-state index in [2.05, 4.69) is 6.92 Å². The molecular weight excluding hydrogens is 316 g/mol. The molecule has 2 aromatic rings. The fourth-order valence-electron chi connectivity index (χ4n) is 2.73. The molecule has 0 N–H and O–H groups in total. The largest absolute Gasteiger partial charge is 0.488 e. The highest BCUT2D eigenvalue weighted by Crippen LogP contribution is 2.29. The van der Waals surface area contributed by atoms with E-state index in [-0.39, 0.29) is 18.2 Å². The van der Waals surface area contributed by atoms with Crippen molar-refractivity contribution >= 4 is 11.8 Å². The van der Waals surface area contributed by atoms with E-state index in [1.165, 1.54) is 0 Å². The van der Waals surface area contributed by atoms with Gasteiger partial charge in [-0.2, -0.15) is 0 Å². The molecule has 3 rings (SSSR count). The van der Waals surface area contributed by atoms with Crippen molar-refractivity contribution in [2.75, 3.05) is 6.61 Å². The molecule has 1 aliphatic heterocycles. The van der Waals surface area contributed by atoms with Gasteiger partial charge in [0.25, 0.3) is 0 Å². The zero-order chi connectivity index (χ0) is 17.8. The standard InChI is InChI=1S/C21H22O4/c1-3-14(2)12-25-20(22)11-15-8-9-19-18(10-15)21(23)17-7-5-4-6-16(17)13-24-19/h4-10,14H,3,11-13H2,1-2H3. The summed E-state index contributed by atoms with van der Waals surface area (Å²) in [6.07, 6.45) is 1.12. The van der Waals surface area contributed by atoms with E-state index in [1.807, 2.05) is 37.3 Å². The predicted molar refractivity (Wildman–Crippen MR) is 94.8 cm³/mol. The highest BCUT2D eigenvalue weighted by Gasteiger charge is 2.22. The van der Waals surface area contributed by atoms with Crippen molar-refractivity contribution < 1.29 is 19.1 Å². The maximum atomic E-state index is 12.8. The van der Waals surface area contributed by atoms with Crippen molar-refractivity contribution in [3.8, 4) is 5.75 Å². The van der Waals surface area contributed by atoms with Gasteiger partial charge in [0, 0.05) is 11.1 Å². The molecule has 4 nitrogen and oxygen atoms in total. The van der Waals surface area contributed by atoms with Crippen LogP contribution in [0.4, 0.5) is 0 Å². The first kappa shape index (κ1) is 17.2. The van der Waals surface area contributed by atoms with Gasteiger partial charge in [-0.15, -0.1) is 0 Å². The lowest BCUT2D eigenvalue weighted by molar-refractivity contribution is -0.144. The van der Waals surface area contributed by atoms with Gasteiger partial charge in [0.2, 0.25) is 0 Å². The fourth-order valence-corrected chi connectivity index (χ4v) is 2.73. The molecule has 0 aliphatic carbocycles. The average Bonchev–Trinajstić information content (AvgIpc) is 2.77. The number of carbonyl (C=O) groups is 2. The second kappa shape index (κ2) is 7.51. The Balaban J connectivity index is 1.78. The first-order valence-electron chi connectivity index (χ1n) is 8.62. The van der Waals surface area contributed by atoms with E-state index < -0.39 is 0 Å². The monoisotopic (exact) mass is 338 g/mol. The molecule has 0 fully saturated rings. The normalized spacial score (nSPS) is 13.9. The van der Waals surface area contributed by atoms with Crippen LogP contribution in [-0.4, -0.2) is 18.4 Å². The van der Waals surface area contributed by atoms with Gasteiger partial charge in [-0.3, -0.25) is 9.59 Å². The second-order valence-electron chi connectivity index (χ2n) is 6.48. The van der Waals surface area contributed by atoms with Gasteiger partial charge >= 0.3 is 5.97 Å². The number of benzene rings is 2. The molecule has 1 unspecified atom stereocenters. The Bertz CT molecular complexity index is 794. The predicted octanol–water partition coefficient (Wildman–Crippen LogP) is 3.94. The van der Waals surface area contributed by atoms with Crippen molar-refractivity contribution in [1.29, 1.82) is 0 Å². The Morgan fingerprint density at radius 3 is 2.80 bits per heavy atom. The summed E-state index contributed by atoms with van der Waals surface area (Å²) < 4.78 is 11.1. The Morgan fingerprint density at radius 2 is 2.00 bits per heavy atom. The van der Waals surface area contributed by atoms with Gasteiger partial charge in [0.15, 0.2) is 5.78 Å². The van der Waals surface area contributed by atoms with Crippen molar-refractivity contribution in [2.45, 2.75) is 33.3 Å². The van der Waals surface area contributed by atoms with Gasteiger partial charge in [-0.1, -0.05) is 50.6 Å². The van der Waals surface area contributed by atoms with Gasteiger partial charge in [-0.25, -0.2) is 0 Å². The number of hydrogen-bond acceptors (Lipinski definition) is 4. The first-order chi connectivity index (χ1) is 12.1. The van der Waals surface area contributed by atoms with Gasteiger partial charge < -0.3 is 9.47 Å². The number of ether oxygens (including phenoxy) is 2. The molecule has 0 bridgehead atoms. The van der Waals surface area contributed by atoms with Gasteiger partial charge in [0.1, 0.15) is 12.4 Å². The quantitative estimate of drug-likeness (QED) is 0.775. The van der Waals surface area contributed by atoms with E-state index in [0.29, 0.717) is 36.0 Å². The molecule has 0 amide bonds. The molecule has 1 heterocycles. The third-order valence-corrected chi connectivity index (χ3v) is 4.51. The van der Waals surface area contributed by atoms with Crippen LogP contribution in [0, 0.1) is 5.92 Å². The Morgan fingerprint density at radius 1 is 1.20 bits per heavy atom. The zero-order valence-electron chi connectivity index (χ0n) is 14.6. The lowest BCUT2D eigenvalue weighted by Crippen LogP contribution is -2.13. The van der Waals surface area contributed by atoms with Crippen LogP contribution in [0.5, 0.6) is 5.75 Å². The highest BCUT2D eigenvalue weighted by atomic mass is 16.5. The van der Waals surface area contributed by atoms with Crippen LogP contribution in [0.3, 0.4) is 0 Å². The molecule has 4 heteroatoms. The van der Waals surface area contributed by atoms with Crippen LogP contribution in [0.2, 0.25) is 0 Å². The van der Waals surface area contributed by atoms with E-state index in [9.17, 15) is 9.59 Å². The smallest absolute Gasteiger partial charge is 0.310 e. The molecule has 0 aromatic heterocycles. The molecular formula is C21H22O4. The van der Waals surface area contributed by atoms with Crippen molar-refractivity contribution in [2.24, 2.45) is 5.92 Å². The Hall–Kier alpha value is -2.62. The van der Waals surface area contributed by atoms with Crippen molar-refractivity contribution in [1.82, 2.24) is 0 Å². The summed E-state index contributed by atoms with van der Waals surface area (Å²) >= 11 is 0. The number of ketones is 1. The highest BCUT2D eigenvalue weighted by molar-refractivity contribution is 6.12. The van der Waals surface area contributed by atoms with Gasteiger partial charge in [0.05, 0.1) is 18.6 Å². The Kier molecular flexibility index (Phi) is 5.17. The first-order valence-corrected chi connectivity index (χ1v) is 8.62. The fraction of sp³-hybridized carbons (Fsp3) is 0.333. The summed E-state index contributed by atoms with van der Waals surface area (Å²) in [4.78, 5) is 24.8. The summed E-state index contributed by atoms with van der Waals surface area (Å²) in [5, 5.41) is 0. The summed E-state index contributed by atoms with van der Waals surface area (Å²) in [7, 11) is 0. The minimum atomic E-state index is -0.275.